The van der Waals surface area contributed by atoms with Gasteiger partial charge in [-0.05, 0) is 60.6 Å². The highest BCUT2D eigenvalue weighted by molar-refractivity contribution is 5.85. The number of benzene rings is 1. The van der Waals surface area contributed by atoms with Crippen LogP contribution < -0.4 is 0 Å². The second-order valence-corrected chi connectivity index (χ2v) is 9.01. The maximum Gasteiger partial charge on any atom is 0.410 e. The number of aliphatic imine (C=N–C) groups is 1. The molecule has 0 saturated carbocycles. The molecule has 30 heavy (non-hydrogen) atoms. The van der Waals surface area contributed by atoms with Crippen molar-refractivity contribution in [2.45, 2.75) is 57.3 Å². The molecule has 5 nitrogen and oxygen atoms in total. The van der Waals surface area contributed by atoms with Crippen molar-refractivity contribution in [2.75, 3.05) is 19.7 Å². The van der Waals surface area contributed by atoms with Crippen molar-refractivity contribution in [2.24, 2.45) is 10.4 Å². The Kier molecular flexibility index (Phi) is 5.47. The molecule has 5 rings (SSSR count). The van der Waals surface area contributed by atoms with E-state index in [0.29, 0.717) is 6.61 Å². The summed E-state index contributed by atoms with van der Waals surface area (Å²) in [7, 11) is 0. The van der Waals surface area contributed by atoms with Gasteiger partial charge in [0.1, 0.15) is 12.6 Å². The number of carbonyl (C=O) groups excluding carboxylic acids is 1. The molecule has 0 N–H and O–H groups in total. The molecule has 4 aliphatic rings. The minimum atomic E-state index is -0.203. The molecule has 1 aliphatic carbocycles. The van der Waals surface area contributed by atoms with Gasteiger partial charge >= 0.3 is 6.09 Å². The minimum Gasteiger partial charge on any atom is -0.445 e. The van der Waals surface area contributed by atoms with E-state index in [0.717, 1.165) is 50.9 Å². The van der Waals surface area contributed by atoms with Gasteiger partial charge in [0.2, 0.25) is 0 Å². The van der Waals surface area contributed by atoms with Crippen LogP contribution in [0.4, 0.5) is 4.79 Å². The molecule has 158 valence electrons. The van der Waals surface area contributed by atoms with Crippen LogP contribution in [0.15, 0.2) is 58.6 Å². The lowest BCUT2D eigenvalue weighted by Crippen LogP contribution is -2.43. The number of amides is 1. The van der Waals surface area contributed by atoms with Crippen LogP contribution in [0.25, 0.3) is 0 Å². The molecule has 2 unspecified atom stereocenters. The van der Waals surface area contributed by atoms with Crippen LogP contribution in [-0.2, 0) is 16.1 Å². The molecule has 2 atom stereocenters. The molecule has 2 saturated heterocycles. The molecule has 1 aromatic carbocycles. The minimum absolute atomic E-state index is 0.142. The normalized spacial score (nSPS) is 27.4. The summed E-state index contributed by atoms with van der Waals surface area (Å²) in [5, 5.41) is 0. The fourth-order valence-corrected chi connectivity index (χ4v) is 5.17. The molecule has 3 heterocycles. The standard InChI is InChI=1S/C25H30N2O3/c28-24(30-18-19-6-2-1-3-7-19)27-13-11-25(12-14-27)10-9-21-20(16-25)17-26-23(21)22-8-4-5-15-29-22/h1-3,6-7,9-10,17,22-23H,4-5,8,11-16,18H2. The Labute approximate surface area is 178 Å². The van der Waals surface area contributed by atoms with Crippen molar-refractivity contribution in [1.29, 1.82) is 0 Å². The number of hydrogen-bond acceptors (Lipinski definition) is 4. The Hall–Kier alpha value is -2.40. The molecule has 1 spiro atoms. The van der Waals surface area contributed by atoms with Crippen LogP contribution >= 0.6 is 0 Å². The predicted molar refractivity (Wildman–Crippen MR) is 117 cm³/mol. The molecule has 0 radical (unpaired) electrons. The van der Waals surface area contributed by atoms with Crippen molar-refractivity contribution in [1.82, 2.24) is 4.90 Å². The zero-order valence-electron chi connectivity index (χ0n) is 17.5. The monoisotopic (exact) mass is 406 g/mol. The fraction of sp³-hybridized carbons (Fsp3) is 0.520. The van der Waals surface area contributed by atoms with Crippen LogP contribution in [0.5, 0.6) is 0 Å². The van der Waals surface area contributed by atoms with Gasteiger partial charge < -0.3 is 14.4 Å². The first kappa shape index (κ1) is 19.6. The first-order valence-electron chi connectivity index (χ1n) is 11.3. The van der Waals surface area contributed by atoms with Gasteiger partial charge in [-0.15, -0.1) is 0 Å². The average molecular weight is 407 g/mol. The zero-order valence-corrected chi connectivity index (χ0v) is 17.5. The van der Waals surface area contributed by atoms with E-state index in [1.54, 1.807) is 0 Å². The summed E-state index contributed by atoms with van der Waals surface area (Å²) in [4.78, 5) is 19.2. The van der Waals surface area contributed by atoms with Crippen LogP contribution in [0.2, 0.25) is 0 Å². The fourth-order valence-electron chi connectivity index (χ4n) is 5.17. The number of piperidine rings is 1. The summed E-state index contributed by atoms with van der Waals surface area (Å²) < 4.78 is 11.5. The molecular formula is C25H30N2O3. The summed E-state index contributed by atoms with van der Waals surface area (Å²) in [6.07, 6.45) is 13.3. The van der Waals surface area contributed by atoms with E-state index in [9.17, 15) is 4.79 Å². The third-order valence-corrected chi connectivity index (χ3v) is 7.03. The highest BCUT2D eigenvalue weighted by Crippen LogP contribution is 2.45. The van der Waals surface area contributed by atoms with Gasteiger partial charge in [-0.1, -0.05) is 42.5 Å². The van der Waals surface area contributed by atoms with Gasteiger partial charge in [0.05, 0.1) is 6.10 Å². The lowest BCUT2D eigenvalue weighted by Gasteiger charge is -2.41. The van der Waals surface area contributed by atoms with E-state index >= 15 is 0 Å². The molecule has 2 fully saturated rings. The Bertz CT molecular complexity index is 860. The molecule has 5 heteroatoms. The first-order valence-corrected chi connectivity index (χ1v) is 11.3. The third kappa shape index (κ3) is 3.95. The average Bonchev–Trinajstić information content (AvgIpc) is 3.22. The molecular weight excluding hydrogens is 376 g/mol. The van der Waals surface area contributed by atoms with E-state index in [4.69, 9.17) is 14.5 Å². The lowest BCUT2D eigenvalue weighted by atomic mass is 9.70. The van der Waals surface area contributed by atoms with Gasteiger partial charge in [0.15, 0.2) is 0 Å². The molecule has 1 aromatic rings. The highest BCUT2D eigenvalue weighted by atomic mass is 16.6. The van der Waals surface area contributed by atoms with Crippen LogP contribution in [-0.4, -0.2) is 49.0 Å². The van der Waals surface area contributed by atoms with E-state index in [-0.39, 0.29) is 23.7 Å². The lowest BCUT2D eigenvalue weighted by molar-refractivity contribution is 0.00850. The number of carbonyl (C=O) groups is 1. The number of hydrogen-bond donors (Lipinski definition) is 0. The van der Waals surface area contributed by atoms with Gasteiger partial charge in [-0.2, -0.15) is 0 Å². The van der Waals surface area contributed by atoms with Crippen molar-refractivity contribution >= 4 is 12.3 Å². The summed E-state index contributed by atoms with van der Waals surface area (Å²) >= 11 is 0. The van der Waals surface area contributed by atoms with Crippen molar-refractivity contribution in [3.8, 4) is 0 Å². The number of ether oxygens (including phenoxy) is 2. The first-order chi connectivity index (χ1) is 14.7. The highest BCUT2D eigenvalue weighted by Gasteiger charge is 2.40. The van der Waals surface area contributed by atoms with Crippen molar-refractivity contribution in [3.63, 3.8) is 0 Å². The second-order valence-electron chi connectivity index (χ2n) is 9.01. The summed E-state index contributed by atoms with van der Waals surface area (Å²) in [6, 6.07) is 10.0. The van der Waals surface area contributed by atoms with Gasteiger partial charge in [0.25, 0.3) is 0 Å². The Morgan fingerprint density at radius 2 is 2.03 bits per heavy atom. The Balaban J connectivity index is 1.16. The third-order valence-electron chi connectivity index (χ3n) is 7.03. The summed E-state index contributed by atoms with van der Waals surface area (Å²) in [6.45, 7) is 2.68. The molecule has 1 amide bonds. The van der Waals surface area contributed by atoms with Crippen LogP contribution in [0.3, 0.4) is 0 Å². The van der Waals surface area contributed by atoms with Gasteiger partial charge in [0, 0.05) is 25.9 Å². The zero-order chi connectivity index (χ0) is 20.4. The van der Waals surface area contributed by atoms with E-state index < -0.39 is 0 Å². The van der Waals surface area contributed by atoms with Crippen molar-refractivity contribution in [3.05, 3.63) is 59.2 Å². The summed E-state index contributed by atoms with van der Waals surface area (Å²) in [5.41, 5.74) is 3.89. The van der Waals surface area contributed by atoms with E-state index in [1.807, 2.05) is 35.2 Å². The molecule has 0 bridgehead atoms. The number of rotatable bonds is 3. The van der Waals surface area contributed by atoms with Crippen molar-refractivity contribution < 1.29 is 14.3 Å². The van der Waals surface area contributed by atoms with E-state index in [2.05, 4.69) is 18.4 Å². The quantitative estimate of drug-likeness (QED) is 0.732. The Morgan fingerprint density at radius 1 is 1.20 bits per heavy atom. The Morgan fingerprint density at radius 3 is 2.80 bits per heavy atom. The predicted octanol–water partition coefficient (Wildman–Crippen LogP) is 4.68. The van der Waals surface area contributed by atoms with Crippen LogP contribution in [0, 0.1) is 5.41 Å². The SMILES string of the molecule is O=C(OCc1ccccc1)N1CCC2(C=CC3=C(C=NC3C3CCCCO3)C2)CC1. The van der Waals surface area contributed by atoms with E-state index in [1.165, 1.54) is 24.0 Å². The maximum absolute atomic E-state index is 12.5. The van der Waals surface area contributed by atoms with Gasteiger partial charge in [-0.3, -0.25) is 4.99 Å². The van der Waals surface area contributed by atoms with Crippen LogP contribution in [0.1, 0.15) is 44.1 Å². The molecule has 3 aliphatic heterocycles. The number of allylic oxidation sites excluding steroid dienone is 2. The molecule has 0 aromatic heterocycles. The topological polar surface area (TPSA) is 51.1 Å². The maximum atomic E-state index is 12.5. The second kappa shape index (κ2) is 8.38. The number of likely N-dealkylation sites (tertiary alicyclic amines) is 1. The smallest absolute Gasteiger partial charge is 0.410 e. The largest absolute Gasteiger partial charge is 0.445 e. The number of nitrogens with zero attached hydrogens (tertiary/aromatic N) is 2. The van der Waals surface area contributed by atoms with Gasteiger partial charge in [-0.25, -0.2) is 4.79 Å². The summed E-state index contributed by atoms with van der Waals surface area (Å²) in [5.74, 6) is 0.